The van der Waals surface area contributed by atoms with Gasteiger partial charge in [0.15, 0.2) is 0 Å². The molecule has 2 unspecified atom stereocenters. The summed E-state index contributed by atoms with van der Waals surface area (Å²) in [4.78, 5) is 26.9. The van der Waals surface area contributed by atoms with Crippen LogP contribution >= 0.6 is 0 Å². The smallest absolute Gasteiger partial charge is 0.320 e. The van der Waals surface area contributed by atoms with E-state index in [0.717, 1.165) is 0 Å². The van der Waals surface area contributed by atoms with Gasteiger partial charge < -0.3 is 15.2 Å². The van der Waals surface area contributed by atoms with Crippen molar-refractivity contribution in [1.29, 1.82) is 0 Å². The number of hydrogen-bond donors (Lipinski definition) is 2. The molecule has 2 atom stereocenters. The summed E-state index contributed by atoms with van der Waals surface area (Å²) in [6.45, 7) is 7.33. The summed E-state index contributed by atoms with van der Waals surface area (Å²) in [6.07, 6.45) is 0. The normalized spacial score (nSPS) is 20.4. The summed E-state index contributed by atoms with van der Waals surface area (Å²) in [5.41, 5.74) is 0. The van der Waals surface area contributed by atoms with Crippen LogP contribution in [0, 0.1) is 0 Å². The zero-order valence-electron chi connectivity index (χ0n) is 12.5. The lowest BCUT2D eigenvalue weighted by atomic mass is 10.2. The molecule has 0 saturated carbocycles. The van der Waals surface area contributed by atoms with Crippen LogP contribution in [-0.4, -0.2) is 85.3 Å². The van der Waals surface area contributed by atoms with Crippen LogP contribution in [0.1, 0.15) is 13.8 Å². The van der Waals surface area contributed by atoms with Gasteiger partial charge in [0.1, 0.15) is 6.04 Å². The van der Waals surface area contributed by atoms with Crippen molar-refractivity contribution in [2.45, 2.75) is 25.9 Å². The van der Waals surface area contributed by atoms with Crippen LogP contribution in [0.5, 0.6) is 0 Å². The minimum Gasteiger partial charge on any atom is -0.480 e. The lowest BCUT2D eigenvalue weighted by Crippen LogP contribution is -2.56. The SMILES string of the molecule is COCCNC(=O)C(C)N1CCN(C(C)C(=O)O)CC1. The molecule has 116 valence electrons. The van der Waals surface area contributed by atoms with Gasteiger partial charge in [-0.2, -0.15) is 0 Å². The van der Waals surface area contributed by atoms with Crippen molar-refractivity contribution in [3.05, 3.63) is 0 Å². The average molecular weight is 287 g/mol. The van der Waals surface area contributed by atoms with Crippen molar-refractivity contribution < 1.29 is 19.4 Å². The lowest BCUT2D eigenvalue weighted by Gasteiger charge is -2.38. The van der Waals surface area contributed by atoms with Crippen molar-refractivity contribution in [2.24, 2.45) is 0 Å². The molecule has 1 aliphatic heterocycles. The van der Waals surface area contributed by atoms with Crippen molar-refractivity contribution in [1.82, 2.24) is 15.1 Å². The minimum absolute atomic E-state index is 0.0122. The van der Waals surface area contributed by atoms with Crippen molar-refractivity contribution in [3.8, 4) is 0 Å². The molecule has 0 spiro atoms. The number of hydrogen-bond acceptors (Lipinski definition) is 5. The Morgan fingerprint density at radius 1 is 1.15 bits per heavy atom. The van der Waals surface area contributed by atoms with E-state index in [9.17, 15) is 9.59 Å². The number of rotatable bonds is 7. The van der Waals surface area contributed by atoms with Crippen LogP contribution in [0.2, 0.25) is 0 Å². The fourth-order valence-corrected chi connectivity index (χ4v) is 2.26. The first-order chi connectivity index (χ1) is 9.47. The molecule has 20 heavy (non-hydrogen) atoms. The second kappa shape index (κ2) is 8.18. The monoisotopic (exact) mass is 287 g/mol. The van der Waals surface area contributed by atoms with Gasteiger partial charge in [0.2, 0.25) is 5.91 Å². The molecule has 7 nitrogen and oxygen atoms in total. The first kappa shape index (κ1) is 16.9. The second-order valence-electron chi connectivity index (χ2n) is 5.05. The van der Waals surface area contributed by atoms with Crippen LogP contribution in [0.3, 0.4) is 0 Å². The number of nitrogens with zero attached hydrogens (tertiary/aromatic N) is 2. The average Bonchev–Trinajstić information content (AvgIpc) is 2.46. The number of methoxy groups -OCH3 is 1. The predicted molar refractivity (Wildman–Crippen MR) is 74.6 cm³/mol. The Hall–Kier alpha value is -1.18. The Morgan fingerprint density at radius 2 is 1.65 bits per heavy atom. The van der Waals surface area contributed by atoms with E-state index in [-0.39, 0.29) is 11.9 Å². The van der Waals surface area contributed by atoms with Crippen molar-refractivity contribution >= 4 is 11.9 Å². The van der Waals surface area contributed by atoms with E-state index >= 15 is 0 Å². The topological polar surface area (TPSA) is 82.1 Å². The van der Waals surface area contributed by atoms with E-state index in [1.807, 2.05) is 11.8 Å². The van der Waals surface area contributed by atoms with E-state index in [1.165, 1.54) is 0 Å². The zero-order valence-corrected chi connectivity index (χ0v) is 12.5. The fraction of sp³-hybridized carbons (Fsp3) is 0.846. The van der Waals surface area contributed by atoms with E-state index in [2.05, 4.69) is 10.2 Å². The van der Waals surface area contributed by atoms with Gasteiger partial charge in [0.05, 0.1) is 12.6 Å². The quantitative estimate of drug-likeness (QED) is 0.598. The molecule has 0 aliphatic carbocycles. The Morgan fingerprint density at radius 3 is 2.10 bits per heavy atom. The Labute approximate surface area is 119 Å². The van der Waals surface area contributed by atoms with Gasteiger partial charge in [-0.05, 0) is 13.8 Å². The summed E-state index contributed by atoms with van der Waals surface area (Å²) < 4.78 is 4.89. The van der Waals surface area contributed by atoms with Gasteiger partial charge in [-0.1, -0.05) is 0 Å². The molecule has 2 N–H and O–H groups in total. The molecule has 1 fully saturated rings. The van der Waals surface area contributed by atoms with Crippen molar-refractivity contribution in [3.63, 3.8) is 0 Å². The number of piperazine rings is 1. The maximum atomic E-state index is 11.9. The molecule has 1 aliphatic rings. The number of carbonyl (C=O) groups excluding carboxylic acids is 1. The molecule has 0 aromatic carbocycles. The molecule has 0 bridgehead atoms. The molecule has 1 saturated heterocycles. The highest BCUT2D eigenvalue weighted by Crippen LogP contribution is 2.09. The highest BCUT2D eigenvalue weighted by atomic mass is 16.5. The maximum Gasteiger partial charge on any atom is 0.320 e. The summed E-state index contributed by atoms with van der Waals surface area (Å²) in [6, 6.07) is -0.669. The number of amides is 1. The Balaban J connectivity index is 2.36. The number of ether oxygens (including phenoxy) is 1. The molecular weight excluding hydrogens is 262 g/mol. The molecular formula is C13H25N3O4. The van der Waals surface area contributed by atoms with Gasteiger partial charge in [-0.3, -0.25) is 19.4 Å². The highest BCUT2D eigenvalue weighted by molar-refractivity contribution is 5.81. The highest BCUT2D eigenvalue weighted by Gasteiger charge is 2.29. The van der Waals surface area contributed by atoms with Gasteiger partial charge >= 0.3 is 5.97 Å². The van der Waals surface area contributed by atoms with Gasteiger partial charge in [-0.15, -0.1) is 0 Å². The summed E-state index contributed by atoms with van der Waals surface area (Å²) in [5, 5.41) is 11.8. The zero-order chi connectivity index (χ0) is 15.1. The second-order valence-corrected chi connectivity index (χ2v) is 5.05. The predicted octanol–water partition coefficient (Wildman–Crippen LogP) is -0.772. The standard InChI is InChI=1S/C13H25N3O4/c1-10(12(17)14-4-9-20-3)15-5-7-16(8-6-15)11(2)13(18)19/h10-11H,4-9H2,1-3H3,(H,14,17)(H,18,19). The van der Waals surface area contributed by atoms with Crippen LogP contribution in [-0.2, 0) is 14.3 Å². The van der Waals surface area contributed by atoms with Crippen LogP contribution in [0.25, 0.3) is 0 Å². The van der Waals surface area contributed by atoms with E-state index in [1.54, 1.807) is 14.0 Å². The molecule has 1 heterocycles. The van der Waals surface area contributed by atoms with E-state index in [0.29, 0.717) is 39.3 Å². The van der Waals surface area contributed by atoms with Gasteiger partial charge in [-0.25, -0.2) is 0 Å². The third-order valence-electron chi connectivity index (χ3n) is 3.79. The van der Waals surface area contributed by atoms with Crippen LogP contribution in [0.15, 0.2) is 0 Å². The maximum absolute atomic E-state index is 11.9. The molecule has 7 heteroatoms. The Kier molecular flexibility index (Phi) is 6.90. The minimum atomic E-state index is -0.802. The van der Waals surface area contributed by atoms with Gasteiger partial charge in [0, 0.05) is 39.8 Å². The van der Waals surface area contributed by atoms with E-state index in [4.69, 9.17) is 9.84 Å². The third-order valence-corrected chi connectivity index (χ3v) is 3.79. The summed E-state index contributed by atoms with van der Waals surface area (Å²) in [7, 11) is 1.60. The molecule has 0 aromatic rings. The largest absolute Gasteiger partial charge is 0.480 e. The van der Waals surface area contributed by atoms with Crippen molar-refractivity contribution in [2.75, 3.05) is 46.4 Å². The number of carbonyl (C=O) groups is 2. The number of carboxylic acids is 1. The Bertz CT molecular complexity index is 330. The summed E-state index contributed by atoms with van der Waals surface area (Å²) in [5.74, 6) is -0.814. The van der Waals surface area contributed by atoms with Crippen LogP contribution < -0.4 is 5.32 Å². The molecule has 1 rings (SSSR count). The fourth-order valence-electron chi connectivity index (χ4n) is 2.26. The third kappa shape index (κ3) is 4.73. The van der Waals surface area contributed by atoms with Gasteiger partial charge in [0.25, 0.3) is 0 Å². The number of carboxylic acid groups (broad SMARTS) is 1. The van der Waals surface area contributed by atoms with Crippen LogP contribution in [0.4, 0.5) is 0 Å². The first-order valence-corrected chi connectivity index (χ1v) is 6.95. The number of aliphatic carboxylic acids is 1. The molecule has 0 radical (unpaired) electrons. The molecule has 1 amide bonds. The molecule has 0 aromatic heterocycles. The number of nitrogens with one attached hydrogen (secondary N) is 1. The first-order valence-electron chi connectivity index (χ1n) is 6.95. The lowest BCUT2D eigenvalue weighted by molar-refractivity contribution is -0.144. The van der Waals surface area contributed by atoms with E-state index < -0.39 is 12.0 Å². The summed E-state index contributed by atoms with van der Waals surface area (Å²) >= 11 is 0.